The normalized spacial score (nSPS) is 25.8. The van der Waals surface area contributed by atoms with Crippen molar-refractivity contribution in [3.8, 4) is 6.07 Å². The summed E-state index contributed by atoms with van der Waals surface area (Å²) in [5, 5.41) is 19.7. The predicted molar refractivity (Wildman–Crippen MR) is 118 cm³/mol. The highest BCUT2D eigenvalue weighted by molar-refractivity contribution is 6.00. The average molecular weight is 471 g/mol. The topological polar surface area (TPSA) is 84.6 Å². The Labute approximate surface area is 195 Å². The van der Waals surface area contributed by atoms with Crippen molar-refractivity contribution >= 4 is 17.5 Å². The minimum Gasteiger partial charge on any atom is -0.389 e. The third kappa shape index (κ3) is 3.62. The van der Waals surface area contributed by atoms with Gasteiger partial charge in [-0.2, -0.15) is 18.4 Å². The van der Waals surface area contributed by atoms with Crippen molar-refractivity contribution in [1.82, 2.24) is 4.90 Å². The van der Waals surface area contributed by atoms with Crippen LogP contribution in [0.15, 0.2) is 42.5 Å². The van der Waals surface area contributed by atoms with E-state index in [4.69, 9.17) is 0 Å². The molecule has 4 atom stereocenters. The SMILES string of the molecule is CC(O)c1cc(C#N)ccc1C1C2C(=O)CCC2(C)N(c2cccc(C(F)(F)F)c2)C(=O)N1C. The number of carbonyl (C=O) groups excluding carboxylic acids is 2. The van der Waals surface area contributed by atoms with Gasteiger partial charge in [-0.05, 0) is 61.7 Å². The molecule has 1 N–H and O–H groups in total. The van der Waals surface area contributed by atoms with E-state index in [1.54, 1.807) is 19.1 Å². The molecule has 2 aromatic rings. The summed E-state index contributed by atoms with van der Waals surface area (Å²) in [6.45, 7) is 3.27. The van der Waals surface area contributed by atoms with Gasteiger partial charge in [-0.1, -0.05) is 12.1 Å². The number of amides is 2. The van der Waals surface area contributed by atoms with Crippen molar-refractivity contribution < 1.29 is 27.9 Å². The molecule has 9 heteroatoms. The minimum atomic E-state index is -4.58. The molecule has 6 nitrogen and oxygen atoms in total. The van der Waals surface area contributed by atoms with E-state index < -0.39 is 41.4 Å². The lowest BCUT2D eigenvalue weighted by atomic mass is 9.74. The van der Waals surface area contributed by atoms with Gasteiger partial charge in [-0.25, -0.2) is 4.79 Å². The molecular weight excluding hydrogens is 447 g/mol. The zero-order valence-electron chi connectivity index (χ0n) is 18.9. The maximum absolute atomic E-state index is 13.7. The second-order valence-corrected chi connectivity index (χ2v) is 9.15. The van der Waals surface area contributed by atoms with Gasteiger partial charge in [-0.3, -0.25) is 9.69 Å². The van der Waals surface area contributed by atoms with Gasteiger partial charge in [0.05, 0.1) is 40.8 Å². The first-order valence-electron chi connectivity index (χ1n) is 10.9. The quantitative estimate of drug-likeness (QED) is 0.684. The number of benzene rings is 2. The highest BCUT2D eigenvalue weighted by Gasteiger charge is 2.60. The molecule has 4 unspecified atom stereocenters. The summed E-state index contributed by atoms with van der Waals surface area (Å²) in [4.78, 5) is 29.5. The lowest BCUT2D eigenvalue weighted by Gasteiger charge is -2.53. The predicted octanol–water partition coefficient (Wildman–Crippen LogP) is 4.98. The number of urea groups is 1. The smallest absolute Gasteiger partial charge is 0.389 e. The van der Waals surface area contributed by atoms with E-state index in [9.17, 15) is 33.1 Å². The van der Waals surface area contributed by atoms with Gasteiger partial charge in [0.1, 0.15) is 5.78 Å². The zero-order chi connectivity index (χ0) is 25.0. The molecule has 0 spiro atoms. The van der Waals surface area contributed by atoms with E-state index in [0.717, 1.165) is 12.1 Å². The highest BCUT2D eigenvalue weighted by Crippen LogP contribution is 2.53. The number of hydrogen-bond donors (Lipinski definition) is 1. The number of aliphatic hydroxyl groups is 1. The molecule has 2 aliphatic rings. The standard InChI is InChI=1S/C25H24F3N3O3/c1-14(32)19-11-15(13-29)7-8-18(19)22-21-20(33)9-10-24(21,2)31(23(34)30(22)3)17-6-4-5-16(12-17)25(26,27)28/h4-8,11-12,14,21-22,32H,9-10H2,1-3H3. The highest BCUT2D eigenvalue weighted by atomic mass is 19.4. The number of halogens is 3. The maximum Gasteiger partial charge on any atom is 0.416 e. The number of aliphatic hydroxyl groups excluding tert-OH is 1. The molecule has 2 amide bonds. The van der Waals surface area contributed by atoms with Crippen LogP contribution in [0.5, 0.6) is 0 Å². The molecule has 1 saturated carbocycles. The fourth-order valence-corrected chi connectivity index (χ4v) is 5.41. The van der Waals surface area contributed by atoms with Crippen molar-refractivity contribution in [3.63, 3.8) is 0 Å². The second kappa shape index (κ2) is 8.13. The Hall–Kier alpha value is -3.38. The van der Waals surface area contributed by atoms with Crippen LogP contribution in [0.1, 0.15) is 61.1 Å². The van der Waals surface area contributed by atoms with Crippen molar-refractivity contribution in [3.05, 3.63) is 64.7 Å². The molecule has 1 saturated heterocycles. The Morgan fingerprint density at radius 3 is 2.53 bits per heavy atom. The van der Waals surface area contributed by atoms with Crippen LogP contribution in [0.25, 0.3) is 0 Å². The van der Waals surface area contributed by atoms with E-state index in [0.29, 0.717) is 23.1 Å². The van der Waals surface area contributed by atoms with Gasteiger partial charge < -0.3 is 10.0 Å². The number of fused-ring (bicyclic) bond motifs is 1. The Bertz CT molecular complexity index is 1200. The van der Waals surface area contributed by atoms with Crippen LogP contribution in [0.4, 0.5) is 23.7 Å². The third-order valence-corrected chi connectivity index (χ3v) is 7.05. The zero-order valence-corrected chi connectivity index (χ0v) is 18.9. The lowest BCUT2D eigenvalue weighted by molar-refractivity contribution is -0.137. The Morgan fingerprint density at radius 1 is 1.21 bits per heavy atom. The number of alkyl halides is 3. The summed E-state index contributed by atoms with van der Waals surface area (Å²) < 4.78 is 40.2. The summed E-state index contributed by atoms with van der Waals surface area (Å²) in [5.74, 6) is -0.847. The van der Waals surface area contributed by atoms with Crippen LogP contribution < -0.4 is 4.90 Å². The van der Waals surface area contributed by atoms with Crippen molar-refractivity contribution in [2.45, 2.75) is 50.6 Å². The van der Waals surface area contributed by atoms with Crippen LogP contribution in [0, 0.1) is 17.2 Å². The molecule has 1 aliphatic carbocycles. The molecule has 0 bridgehead atoms. The Kier molecular flexibility index (Phi) is 5.68. The second-order valence-electron chi connectivity index (χ2n) is 9.15. The number of anilines is 1. The molecule has 4 rings (SSSR count). The summed E-state index contributed by atoms with van der Waals surface area (Å²) >= 11 is 0. The van der Waals surface area contributed by atoms with E-state index >= 15 is 0 Å². The van der Waals surface area contributed by atoms with Gasteiger partial charge in [0.15, 0.2) is 0 Å². The molecular formula is C25H24F3N3O3. The molecule has 178 valence electrons. The number of rotatable bonds is 3. The van der Waals surface area contributed by atoms with Crippen LogP contribution in [-0.2, 0) is 11.0 Å². The molecule has 1 heterocycles. The van der Waals surface area contributed by atoms with Crippen molar-refractivity contribution in [2.24, 2.45) is 5.92 Å². The molecule has 34 heavy (non-hydrogen) atoms. The molecule has 0 radical (unpaired) electrons. The van der Waals surface area contributed by atoms with E-state index in [-0.39, 0.29) is 17.9 Å². The van der Waals surface area contributed by atoms with E-state index in [1.807, 2.05) is 6.07 Å². The first-order valence-corrected chi connectivity index (χ1v) is 10.9. The van der Waals surface area contributed by atoms with Crippen molar-refractivity contribution in [2.75, 3.05) is 11.9 Å². The molecule has 2 fully saturated rings. The summed E-state index contributed by atoms with van der Waals surface area (Å²) in [5.41, 5.74) is -0.577. The van der Waals surface area contributed by atoms with E-state index in [2.05, 4.69) is 0 Å². The maximum atomic E-state index is 13.7. The molecule has 1 aliphatic heterocycles. The lowest BCUT2D eigenvalue weighted by Crippen LogP contribution is -2.65. The number of nitrogens with zero attached hydrogens (tertiary/aromatic N) is 3. The van der Waals surface area contributed by atoms with Crippen molar-refractivity contribution in [1.29, 1.82) is 5.26 Å². The Morgan fingerprint density at radius 2 is 1.91 bits per heavy atom. The number of carbonyl (C=O) groups is 2. The number of ketones is 1. The first-order chi connectivity index (χ1) is 15.9. The van der Waals surface area contributed by atoms with E-state index in [1.165, 1.54) is 42.0 Å². The van der Waals surface area contributed by atoms with Crippen LogP contribution in [-0.4, -0.2) is 34.4 Å². The number of Topliss-reactive ketones (excluding diaryl/α,β-unsaturated/α-hetero) is 1. The fraction of sp³-hybridized carbons (Fsp3) is 0.400. The summed E-state index contributed by atoms with van der Waals surface area (Å²) in [6.07, 6.45) is -5.07. The first kappa shape index (κ1) is 23.8. The molecule has 2 aromatic carbocycles. The number of nitriles is 1. The van der Waals surface area contributed by atoms with Crippen LogP contribution >= 0.6 is 0 Å². The number of hydrogen-bond acceptors (Lipinski definition) is 4. The van der Waals surface area contributed by atoms with Crippen LogP contribution in [0.3, 0.4) is 0 Å². The largest absolute Gasteiger partial charge is 0.416 e. The summed E-state index contributed by atoms with van der Waals surface area (Å²) in [7, 11) is 1.50. The monoisotopic (exact) mass is 471 g/mol. The Balaban J connectivity index is 1.88. The van der Waals surface area contributed by atoms with Gasteiger partial charge in [0, 0.05) is 19.2 Å². The average Bonchev–Trinajstić information content (AvgIpc) is 3.08. The summed E-state index contributed by atoms with van der Waals surface area (Å²) in [6, 6.07) is 10.0. The molecule has 0 aromatic heterocycles. The van der Waals surface area contributed by atoms with Gasteiger partial charge in [0.2, 0.25) is 0 Å². The minimum absolute atomic E-state index is 0.0721. The third-order valence-electron chi connectivity index (χ3n) is 7.05. The van der Waals surface area contributed by atoms with Gasteiger partial charge in [-0.15, -0.1) is 0 Å². The fourth-order valence-electron chi connectivity index (χ4n) is 5.41. The van der Waals surface area contributed by atoms with Gasteiger partial charge >= 0.3 is 12.2 Å². The van der Waals surface area contributed by atoms with Gasteiger partial charge in [0.25, 0.3) is 0 Å². The van der Waals surface area contributed by atoms with Crippen LogP contribution in [0.2, 0.25) is 0 Å².